The summed E-state index contributed by atoms with van der Waals surface area (Å²) in [6.07, 6.45) is 1.80. The number of carbonyl (C=O) groups excluding carboxylic acids is 1. The number of nitrogens with zero attached hydrogens (tertiary/aromatic N) is 3. The molecule has 2 N–H and O–H groups in total. The number of hydrogen-bond acceptors (Lipinski definition) is 6. The molecule has 2 rings (SSSR count). The standard InChI is InChI=1S/C14H17FN4O2S/c1-2-3-8-21-12(20)9-22-14-18-17-13(19(14)16)10-6-4-5-7-11(10)15/h4-7H,2-3,8-9,16H2,1H3. The maximum absolute atomic E-state index is 13.7. The van der Waals surface area contributed by atoms with E-state index in [1.807, 2.05) is 6.92 Å². The van der Waals surface area contributed by atoms with Gasteiger partial charge in [0, 0.05) is 0 Å². The van der Waals surface area contributed by atoms with Gasteiger partial charge in [-0.2, -0.15) is 0 Å². The second-order valence-corrected chi connectivity index (χ2v) is 5.46. The maximum atomic E-state index is 13.7. The molecular weight excluding hydrogens is 307 g/mol. The molecule has 22 heavy (non-hydrogen) atoms. The van der Waals surface area contributed by atoms with E-state index in [1.165, 1.54) is 10.7 Å². The Morgan fingerprint density at radius 1 is 1.41 bits per heavy atom. The molecule has 1 heterocycles. The van der Waals surface area contributed by atoms with Gasteiger partial charge in [0.25, 0.3) is 0 Å². The molecule has 8 heteroatoms. The summed E-state index contributed by atoms with van der Waals surface area (Å²) in [4.78, 5) is 11.5. The van der Waals surface area contributed by atoms with Crippen molar-refractivity contribution < 1.29 is 13.9 Å². The maximum Gasteiger partial charge on any atom is 0.316 e. The number of rotatable bonds is 7. The molecule has 0 aliphatic heterocycles. The van der Waals surface area contributed by atoms with Crippen LogP contribution in [-0.2, 0) is 9.53 Å². The van der Waals surface area contributed by atoms with Crippen LogP contribution in [0.15, 0.2) is 29.4 Å². The van der Waals surface area contributed by atoms with Gasteiger partial charge in [-0.25, -0.2) is 9.07 Å². The Balaban J connectivity index is 2.00. The molecule has 0 amide bonds. The van der Waals surface area contributed by atoms with Gasteiger partial charge >= 0.3 is 5.97 Å². The van der Waals surface area contributed by atoms with E-state index < -0.39 is 5.82 Å². The number of nitrogen functional groups attached to an aromatic ring is 1. The predicted octanol–water partition coefficient (Wildman–Crippen LogP) is 2.23. The van der Waals surface area contributed by atoms with Crippen LogP contribution < -0.4 is 5.84 Å². The van der Waals surface area contributed by atoms with Crippen LogP contribution in [0.2, 0.25) is 0 Å². The van der Waals surface area contributed by atoms with Crippen molar-refractivity contribution in [2.75, 3.05) is 18.2 Å². The average Bonchev–Trinajstić information content (AvgIpc) is 2.87. The zero-order chi connectivity index (χ0) is 15.9. The number of nitrogens with two attached hydrogens (primary N) is 1. The molecule has 6 nitrogen and oxygen atoms in total. The first-order valence-electron chi connectivity index (χ1n) is 6.87. The van der Waals surface area contributed by atoms with Crippen LogP contribution in [0, 0.1) is 5.82 Å². The SMILES string of the molecule is CCCCOC(=O)CSc1nnc(-c2ccccc2F)n1N. The van der Waals surface area contributed by atoms with Gasteiger partial charge in [0.05, 0.1) is 17.9 Å². The van der Waals surface area contributed by atoms with Gasteiger partial charge < -0.3 is 10.6 Å². The van der Waals surface area contributed by atoms with E-state index in [-0.39, 0.29) is 23.1 Å². The number of aromatic nitrogens is 3. The first kappa shape index (κ1) is 16.3. The predicted molar refractivity (Wildman–Crippen MR) is 82.2 cm³/mol. The number of carbonyl (C=O) groups is 1. The van der Waals surface area contributed by atoms with Crippen LogP contribution >= 0.6 is 11.8 Å². The highest BCUT2D eigenvalue weighted by molar-refractivity contribution is 7.99. The number of halogens is 1. The molecular formula is C14H17FN4O2S. The fraction of sp³-hybridized carbons (Fsp3) is 0.357. The lowest BCUT2D eigenvalue weighted by atomic mass is 10.2. The Hall–Kier alpha value is -2.09. The van der Waals surface area contributed by atoms with E-state index in [0.29, 0.717) is 11.8 Å². The number of benzene rings is 1. The quantitative estimate of drug-likeness (QED) is 0.364. The molecule has 0 aliphatic carbocycles. The molecule has 1 aromatic heterocycles. The minimum absolute atomic E-state index is 0.0797. The molecule has 0 aliphatic rings. The Labute approximate surface area is 131 Å². The summed E-state index contributed by atoms with van der Waals surface area (Å²) in [6, 6.07) is 6.15. The molecule has 0 atom stereocenters. The minimum Gasteiger partial charge on any atom is -0.465 e. The van der Waals surface area contributed by atoms with E-state index in [1.54, 1.807) is 18.2 Å². The van der Waals surface area contributed by atoms with Gasteiger partial charge in [-0.1, -0.05) is 37.2 Å². The van der Waals surface area contributed by atoms with Crippen LogP contribution in [0.5, 0.6) is 0 Å². The summed E-state index contributed by atoms with van der Waals surface area (Å²) in [5.74, 6) is 5.38. The first-order chi connectivity index (χ1) is 10.6. The van der Waals surface area contributed by atoms with Crippen molar-refractivity contribution in [2.24, 2.45) is 0 Å². The Bertz CT molecular complexity index is 648. The second kappa shape index (κ2) is 7.79. The highest BCUT2D eigenvalue weighted by Crippen LogP contribution is 2.23. The van der Waals surface area contributed by atoms with Crippen molar-refractivity contribution in [1.29, 1.82) is 0 Å². The molecule has 0 saturated heterocycles. The molecule has 0 saturated carbocycles. The fourth-order valence-electron chi connectivity index (χ4n) is 1.70. The lowest BCUT2D eigenvalue weighted by Gasteiger charge is -2.05. The van der Waals surface area contributed by atoms with Crippen LogP contribution in [0.25, 0.3) is 11.4 Å². The number of ether oxygens (including phenoxy) is 1. The lowest BCUT2D eigenvalue weighted by molar-refractivity contribution is -0.140. The van der Waals surface area contributed by atoms with Crippen LogP contribution in [0.4, 0.5) is 4.39 Å². The van der Waals surface area contributed by atoms with Crippen molar-refractivity contribution in [1.82, 2.24) is 14.9 Å². The van der Waals surface area contributed by atoms with Gasteiger partial charge in [-0.15, -0.1) is 10.2 Å². The summed E-state index contributed by atoms with van der Waals surface area (Å²) in [5, 5.41) is 8.08. The molecule has 2 aromatic rings. The molecule has 0 radical (unpaired) electrons. The Kier molecular flexibility index (Phi) is 5.76. The third kappa shape index (κ3) is 3.97. The minimum atomic E-state index is -0.433. The molecule has 0 unspecified atom stereocenters. The van der Waals surface area contributed by atoms with Crippen LogP contribution in [-0.4, -0.2) is 33.2 Å². The van der Waals surface area contributed by atoms with E-state index in [0.717, 1.165) is 24.6 Å². The number of esters is 1. The zero-order valence-corrected chi connectivity index (χ0v) is 13.0. The Morgan fingerprint density at radius 2 is 2.18 bits per heavy atom. The number of unbranched alkanes of at least 4 members (excludes halogenated alkanes) is 1. The van der Waals surface area contributed by atoms with E-state index in [4.69, 9.17) is 10.6 Å². The summed E-state index contributed by atoms with van der Waals surface area (Å²) in [6.45, 7) is 2.43. The average molecular weight is 324 g/mol. The van der Waals surface area contributed by atoms with Gasteiger partial charge in [0.1, 0.15) is 5.82 Å². The molecule has 0 spiro atoms. The monoisotopic (exact) mass is 324 g/mol. The van der Waals surface area contributed by atoms with Crippen molar-refractivity contribution in [2.45, 2.75) is 24.9 Å². The molecule has 0 fully saturated rings. The van der Waals surface area contributed by atoms with E-state index >= 15 is 0 Å². The lowest BCUT2D eigenvalue weighted by Crippen LogP contribution is -2.14. The van der Waals surface area contributed by atoms with Crippen molar-refractivity contribution >= 4 is 17.7 Å². The van der Waals surface area contributed by atoms with Crippen molar-refractivity contribution in [3.63, 3.8) is 0 Å². The van der Waals surface area contributed by atoms with Crippen LogP contribution in [0.3, 0.4) is 0 Å². The largest absolute Gasteiger partial charge is 0.465 e. The van der Waals surface area contributed by atoms with Gasteiger partial charge in [-0.3, -0.25) is 4.79 Å². The number of thioether (sulfide) groups is 1. The Morgan fingerprint density at radius 3 is 2.91 bits per heavy atom. The van der Waals surface area contributed by atoms with Gasteiger partial charge in [0.15, 0.2) is 5.82 Å². The van der Waals surface area contributed by atoms with E-state index in [9.17, 15) is 9.18 Å². The topological polar surface area (TPSA) is 83.0 Å². The third-order valence-electron chi connectivity index (χ3n) is 2.86. The summed E-state index contributed by atoms with van der Waals surface area (Å²) in [7, 11) is 0. The molecule has 118 valence electrons. The number of hydrogen-bond donors (Lipinski definition) is 1. The second-order valence-electron chi connectivity index (χ2n) is 4.52. The molecule has 0 bridgehead atoms. The van der Waals surface area contributed by atoms with Crippen molar-refractivity contribution in [3.8, 4) is 11.4 Å². The smallest absolute Gasteiger partial charge is 0.316 e. The highest BCUT2D eigenvalue weighted by Gasteiger charge is 2.16. The van der Waals surface area contributed by atoms with Crippen LogP contribution in [0.1, 0.15) is 19.8 Å². The summed E-state index contributed by atoms with van der Waals surface area (Å²) >= 11 is 1.10. The van der Waals surface area contributed by atoms with Gasteiger partial charge in [-0.05, 0) is 18.6 Å². The fourth-order valence-corrected chi connectivity index (χ4v) is 2.35. The normalized spacial score (nSPS) is 10.6. The van der Waals surface area contributed by atoms with E-state index in [2.05, 4.69) is 10.2 Å². The summed E-state index contributed by atoms with van der Waals surface area (Å²) in [5.41, 5.74) is 0.259. The molecule has 1 aromatic carbocycles. The zero-order valence-electron chi connectivity index (χ0n) is 12.2. The summed E-state index contributed by atoms with van der Waals surface area (Å²) < 4.78 is 19.9. The van der Waals surface area contributed by atoms with Crippen molar-refractivity contribution in [3.05, 3.63) is 30.1 Å². The third-order valence-corrected chi connectivity index (χ3v) is 3.78. The van der Waals surface area contributed by atoms with Gasteiger partial charge in [0.2, 0.25) is 5.16 Å². The first-order valence-corrected chi connectivity index (χ1v) is 7.85. The highest BCUT2D eigenvalue weighted by atomic mass is 32.2.